The molecule has 1 amide bonds. The molecule has 0 aliphatic heterocycles. The molecule has 0 spiro atoms. The molecular formula is C20H32N2O7. The van der Waals surface area contributed by atoms with Crippen LogP contribution in [0.1, 0.15) is 12.5 Å². The lowest BCUT2D eigenvalue weighted by molar-refractivity contribution is -0.142. The van der Waals surface area contributed by atoms with Crippen LogP contribution in [-0.2, 0) is 35.1 Å². The van der Waals surface area contributed by atoms with Crippen LogP contribution in [0.3, 0.4) is 0 Å². The zero-order valence-corrected chi connectivity index (χ0v) is 17.0. The summed E-state index contributed by atoms with van der Waals surface area (Å²) < 4.78 is 26.0. The third kappa shape index (κ3) is 15.4. The fourth-order valence-electron chi connectivity index (χ4n) is 2.09. The molecule has 0 fully saturated rings. The molecule has 1 aromatic rings. The first-order valence-corrected chi connectivity index (χ1v) is 9.76. The first kappa shape index (κ1) is 24.8. The minimum Gasteiger partial charge on any atom is -0.465 e. The Hall–Kier alpha value is -2.20. The summed E-state index contributed by atoms with van der Waals surface area (Å²) >= 11 is 0. The van der Waals surface area contributed by atoms with Crippen molar-refractivity contribution in [2.24, 2.45) is 0 Å². The molecular weight excluding hydrogens is 380 g/mol. The summed E-state index contributed by atoms with van der Waals surface area (Å²) in [5.41, 5.74) is 0.938. The zero-order valence-electron chi connectivity index (χ0n) is 17.0. The van der Waals surface area contributed by atoms with E-state index in [9.17, 15) is 9.59 Å². The van der Waals surface area contributed by atoms with Crippen LogP contribution < -0.4 is 10.6 Å². The Morgan fingerprint density at radius 2 is 1.45 bits per heavy atom. The molecule has 0 unspecified atom stereocenters. The first-order valence-electron chi connectivity index (χ1n) is 9.76. The average molecular weight is 412 g/mol. The summed E-state index contributed by atoms with van der Waals surface area (Å²) in [6.07, 6.45) is -0.470. The van der Waals surface area contributed by atoms with E-state index in [0.717, 1.165) is 5.56 Å². The summed E-state index contributed by atoms with van der Waals surface area (Å²) in [6.45, 7) is 6.21. The van der Waals surface area contributed by atoms with Gasteiger partial charge >= 0.3 is 12.1 Å². The molecule has 0 aliphatic carbocycles. The maximum absolute atomic E-state index is 11.5. The third-order valence-corrected chi connectivity index (χ3v) is 3.47. The van der Waals surface area contributed by atoms with Crippen molar-refractivity contribution in [3.8, 4) is 0 Å². The van der Waals surface area contributed by atoms with E-state index in [1.165, 1.54) is 0 Å². The van der Waals surface area contributed by atoms with E-state index >= 15 is 0 Å². The number of rotatable bonds is 17. The van der Waals surface area contributed by atoms with E-state index in [2.05, 4.69) is 10.6 Å². The second-order valence-corrected chi connectivity index (χ2v) is 5.81. The minimum atomic E-state index is -0.470. The Kier molecular flexibility index (Phi) is 15.3. The van der Waals surface area contributed by atoms with Gasteiger partial charge in [0.1, 0.15) is 6.61 Å². The summed E-state index contributed by atoms with van der Waals surface area (Å²) in [6, 6.07) is 9.48. The molecule has 0 saturated carbocycles. The highest BCUT2D eigenvalue weighted by molar-refractivity contribution is 5.71. The average Bonchev–Trinajstić information content (AvgIpc) is 2.73. The normalized spacial score (nSPS) is 10.5. The van der Waals surface area contributed by atoms with E-state index in [-0.39, 0.29) is 19.1 Å². The van der Waals surface area contributed by atoms with Crippen LogP contribution in [-0.4, -0.2) is 77.9 Å². The Morgan fingerprint density at radius 3 is 2.10 bits per heavy atom. The van der Waals surface area contributed by atoms with Gasteiger partial charge in [-0.3, -0.25) is 4.79 Å². The Labute approximate surface area is 172 Å². The van der Waals surface area contributed by atoms with E-state index in [1.807, 2.05) is 30.3 Å². The SMILES string of the molecule is CCOC(=O)CNCCOCCOCCOCCNC(=O)OCc1ccccc1. The monoisotopic (exact) mass is 412 g/mol. The molecule has 29 heavy (non-hydrogen) atoms. The van der Waals surface area contributed by atoms with Crippen LogP contribution in [0.2, 0.25) is 0 Å². The number of alkyl carbamates (subject to hydrolysis) is 1. The summed E-state index contributed by atoms with van der Waals surface area (Å²) in [7, 11) is 0. The molecule has 1 aromatic carbocycles. The number of hydrogen-bond donors (Lipinski definition) is 2. The number of ether oxygens (including phenoxy) is 5. The van der Waals surface area contributed by atoms with Crippen molar-refractivity contribution in [2.45, 2.75) is 13.5 Å². The van der Waals surface area contributed by atoms with Crippen LogP contribution in [0, 0.1) is 0 Å². The van der Waals surface area contributed by atoms with Gasteiger partial charge in [-0.05, 0) is 12.5 Å². The topological polar surface area (TPSA) is 104 Å². The molecule has 0 aliphatic rings. The van der Waals surface area contributed by atoms with Crippen LogP contribution in [0.15, 0.2) is 30.3 Å². The summed E-state index contributed by atoms with van der Waals surface area (Å²) in [5.74, 6) is -0.268. The van der Waals surface area contributed by atoms with Crippen molar-refractivity contribution in [3.63, 3.8) is 0 Å². The Balaban J connectivity index is 1.77. The van der Waals surface area contributed by atoms with Gasteiger partial charge in [0.2, 0.25) is 0 Å². The lowest BCUT2D eigenvalue weighted by atomic mass is 10.2. The maximum atomic E-state index is 11.5. The first-order chi connectivity index (χ1) is 14.2. The maximum Gasteiger partial charge on any atom is 0.407 e. The van der Waals surface area contributed by atoms with Gasteiger partial charge in [0.15, 0.2) is 0 Å². The highest BCUT2D eigenvalue weighted by Gasteiger charge is 2.02. The predicted octanol–water partition coefficient (Wildman–Crippen LogP) is 1.12. The van der Waals surface area contributed by atoms with Gasteiger partial charge in [0, 0.05) is 13.1 Å². The van der Waals surface area contributed by atoms with Crippen LogP contribution >= 0.6 is 0 Å². The van der Waals surface area contributed by atoms with Crippen LogP contribution in [0.25, 0.3) is 0 Å². The molecule has 9 nitrogen and oxygen atoms in total. The predicted molar refractivity (Wildman–Crippen MR) is 107 cm³/mol. The second-order valence-electron chi connectivity index (χ2n) is 5.81. The van der Waals surface area contributed by atoms with Crippen molar-refractivity contribution in [3.05, 3.63) is 35.9 Å². The molecule has 0 heterocycles. The van der Waals surface area contributed by atoms with E-state index in [1.54, 1.807) is 6.92 Å². The number of amides is 1. The summed E-state index contributed by atoms with van der Waals surface area (Å²) in [5, 5.41) is 5.55. The lowest BCUT2D eigenvalue weighted by Gasteiger charge is -2.09. The van der Waals surface area contributed by atoms with Gasteiger partial charge in [-0.25, -0.2) is 4.79 Å². The fourth-order valence-corrected chi connectivity index (χ4v) is 2.09. The fraction of sp³-hybridized carbons (Fsp3) is 0.600. The standard InChI is InChI=1S/C20H32N2O7/c1-2-28-19(23)16-21-8-10-25-12-14-27-15-13-26-11-9-22-20(24)29-17-18-6-4-3-5-7-18/h3-7,21H,2,8-17H2,1H3,(H,22,24). The molecule has 0 saturated heterocycles. The third-order valence-electron chi connectivity index (χ3n) is 3.47. The van der Waals surface area contributed by atoms with E-state index < -0.39 is 6.09 Å². The quantitative estimate of drug-likeness (QED) is 0.290. The van der Waals surface area contributed by atoms with Crippen LogP contribution in [0.5, 0.6) is 0 Å². The Morgan fingerprint density at radius 1 is 0.828 bits per heavy atom. The molecule has 0 atom stereocenters. The molecule has 0 bridgehead atoms. The van der Waals surface area contributed by atoms with Crippen molar-refractivity contribution < 1.29 is 33.3 Å². The van der Waals surface area contributed by atoms with Gasteiger partial charge in [0.05, 0.1) is 52.8 Å². The number of esters is 1. The van der Waals surface area contributed by atoms with Gasteiger partial charge in [-0.1, -0.05) is 30.3 Å². The largest absolute Gasteiger partial charge is 0.465 e. The molecule has 164 valence electrons. The van der Waals surface area contributed by atoms with Gasteiger partial charge < -0.3 is 34.3 Å². The number of carbonyl (C=O) groups is 2. The Bertz CT molecular complexity index is 543. The van der Waals surface area contributed by atoms with Crippen molar-refractivity contribution >= 4 is 12.1 Å². The number of carbonyl (C=O) groups excluding carboxylic acids is 2. The second kappa shape index (κ2) is 17.9. The van der Waals surface area contributed by atoms with Gasteiger partial charge in [-0.15, -0.1) is 0 Å². The van der Waals surface area contributed by atoms with Crippen molar-refractivity contribution in [1.82, 2.24) is 10.6 Å². The minimum absolute atomic E-state index is 0.185. The van der Waals surface area contributed by atoms with Gasteiger partial charge in [0.25, 0.3) is 0 Å². The number of benzene rings is 1. The van der Waals surface area contributed by atoms with E-state index in [0.29, 0.717) is 59.3 Å². The smallest absolute Gasteiger partial charge is 0.407 e. The van der Waals surface area contributed by atoms with Crippen molar-refractivity contribution in [1.29, 1.82) is 0 Å². The van der Waals surface area contributed by atoms with Crippen molar-refractivity contribution in [2.75, 3.05) is 65.9 Å². The van der Waals surface area contributed by atoms with Crippen LogP contribution in [0.4, 0.5) is 4.79 Å². The van der Waals surface area contributed by atoms with Gasteiger partial charge in [-0.2, -0.15) is 0 Å². The number of hydrogen-bond acceptors (Lipinski definition) is 8. The molecule has 1 rings (SSSR count). The zero-order chi connectivity index (χ0) is 21.0. The molecule has 9 heteroatoms. The molecule has 2 N–H and O–H groups in total. The lowest BCUT2D eigenvalue weighted by Crippen LogP contribution is -2.28. The number of nitrogens with one attached hydrogen (secondary N) is 2. The summed E-state index contributed by atoms with van der Waals surface area (Å²) in [4.78, 5) is 22.6. The highest BCUT2D eigenvalue weighted by Crippen LogP contribution is 2.00. The highest BCUT2D eigenvalue weighted by atomic mass is 16.6. The molecule has 0 radical (unpaired) electrons. The molecule has 0 aromatic heterocycles. The van der Waals surface area contributed by atoms with E-state index in [4.69, 9.17) is 23.7 Å².